The van der Waals surface area contributed by atoms with Crippen molar-refractivity contribution in [2.24, 2.45) is 46.8 Å². The summed E-state index contributed by atoms with van der Waals surface area (Å²) >= 11 is 0. The van der Waals surface area contributed by atoms with Gasteiger partial charge in [0.15, 0.2) is 5.78 Å². The number of hydrogen-bond acceptors (Lipinski definition) is 6. The smallest absolute Gasteiger partial charge is 0.328 e. The molecule has 4 fully saturated rings. The van der Waals surface area contributed by atoms with Crippen LogP contribution in [0.2, 0.25) is 0 Å². The number of aliphatic carboxylic acids is 1. The van der Waals surface area contributed by atoms with Gasteiger partial charge in [-0.1, -0.05) is 30.2 Å². The van der Waals surface area contributed by atoms with Crippen LogP contribution in [0.5, 0.6) is 0 Å². The Bertz CT molecular complexity index is 1330. The Balaban J connectivity index is 1.30. The molecular weight excluding hydrogens is 504 g/mol. The Morgan fingerprint density at radius 1 is 1.13 bits per heavy atom. The lowest BCUT2D eigenvalue weighted by molar-refractivity contribution is -0.132. The average Bonchev–Trinajstić information content (AvgIpc) is 3.63. The molecule has 5 aliphatic carbocycles. The number of fused-ring (bicyclic) bond motifs is 7. The molecule has 0 heterocycles. The number of carbonyl (C=O) groups is 2. The van der Waals surface area contributed by atoms with E-state index in [4.69, 9.17) is 4.18 Å². The number of rotatable bonds is 6. The summed E-state index contributed by atoms with van der Waals surface area (Å²) in [5, 5.41) is 21.1. The van der Waals surface area contributed by atoms with Gasteiger partial charge in [0.05, 0.1) is 17.1 Å². The number of ketones is 1. The molecule has 7 nitrogen and oxygen atoms in total. The van der Waals surface area contributed by atoms with Gasteiger partial charge >= 0.3 is 5.97 Å². The molecule has 1 aromatic carbocycles. The molecule has 4 saturated carbocycles. The third kappa shape index (κ3) is 3.94. The van der Waals surface area contributed by atoms with E-state index in [9.17, 15) is 28.2 Å². The van der Waals surface area contributed by atoms with E-state index in [1.807, 2.05) is 6.92 Å². The summed E-state index contributed by atoms with van der Waals surface area (Å²) in [5.41, 5.74) is 0.421. The molecule has 8 heteroatoms. The molecule has 6 rings (SSSR count). The number of carbonyl (C=O) groups excluding carboxylic acids is 1. The topological polar surface area (TPSA) is 118 Å². The molecule has 0 amide bonds. The zero-order valence-electron chi connectivity index (χ0n) is 21.9. The number of aryl methyl sites for hydroxylation is 1. The van der Waals surface area contributed by atoms with Gasteiger partial charge in [0.1, 0.15) is 0 Å². The Hall–Kier alpha value is -2.29. The third-order valence-electron chi connectivity index (χ3n) is 10.7. The van der Waals surface area contributed by atoms with Gasteiger partial charge in [0.2, 0.25) is 0 Å². The molecule has 9 atom stereocenters. The Morgan fingerprint density at radius 3 is 2.58 bits per heavy atom. The molecule has 38 heavy (non-hydrogen) atoms. The zero-order valence-corrected chi connectivity index (χ0v) is 22.7. The third-order valence-corrected chi connectivity index (χ3v) is 12.0. The highest BCUT2D eigenvalue weighted by atomic mass is 32.2. The maximum Gasteiger partial charge on any atom is 0.328 e. The molecule has 204 valence electrons. The summed E-state index contributed by atoms with van der Waals surface area (Å²) in [4.78, 5) is 23.9. The van der Waals surface area contributed by atoms with Crippen LogP contribution in [0.3, 0.4) is 0 Å². The molecule has 0 spiro atoms. The lowest BCUT2D eigenvalue weighted by atomic mass is 9.48. The van der Waals surface area contributed by atoms with Gasteiger partial charge in [-0.2, -0.15) is 8.42 Å². The second-order valence-electron chi connectivity index (χ2n) is 12.6. The maximum atomic E-state index is 13.0. The lowest BCUT2D eigenvalue weighted by Crippen LogP contribution is -2.55. The van der Waals surface area contributed by atoms with Crippen LogP contribution in [0.25, 0.3) is 0 Å². The summed E-state index contributed by atoms with van der Waals surface area (Å²) in [5.74, 6) is 0.344. The summed E-state index contributed by atoms with van der Waals surface area (Å²) < 4.78 is 31.6. The molecule has 1 aromatic rings. The van der Waals surface area contributed by atoms with Gasteiger partial charge in [-0.05, 0) is 98.8 Å². The second-order valence-corrected chi connectivity index (χ2v) is 14.2. The monoisotopic (exact) mass is 540 g/mol. The largest absolute Gasteiger partial charge is 0.478 e. The minimum Gasteiger partial charge on any atom is -0.478 e. The van der Waals surface area contributed by atoms with Crippen LogP contribution in [-0.4, -0.2) is 42.6 Å². The first-order valence-electron chi connectivity index (χ1n) is 13.8. The van der Waals surface area contributed by atoms with E-state index in [0.717, 1.165) is 42.9 Å². The summed E-state index contributed by atoms with van der Waals surface area (Å²) in [6.07, 6.45) is 8.98. The number of hydrogen-bond donors (Lipinski definition) is 2. The van der Waals surface area contributed by atoms with Gasteiger partial charge in [0.25, 0.3) is 10.1 Å². The van der Waals surface area contributed by atoms with E-state index in [2.05, 4.69) is 6.92 Å². The Morgan fingerprint density at radius 2 is 1.87 bits per heavy atom. The maximum absolute atomic E-state index is 13.0. The molecule has 0 aromatic heterocycles. The van der Waals surface area contributed by atoms with Gasteiger partial charge in [-0.3, -0.25) is 8.98 Å². The first kappa shape index (κ1) is 26.0. The van der Waals surface area contributed by atoms with Crippen molar-refractivity contribution in [3.8, 4) is 0 Å². The Kier molecular flexibility index (Phi) is 6.05. The van der Waals surface area contributed by atoms with Crippen molar-refractivity contribution in [2.45, 2.75) is 62.9 Å². The van der Waals surface area contributed by atoms with Crippen molar-refractivity contribution in [3.05, 3.63) is 53.6 Å². The highest BCUT2D eigenvalue weighted by Gasteiger charge is 2.75. The van der Waals surface area contributed by atoms with Crippen LogP contribution in [0.15, 0.2) is 53.0 Å². The van der Waals surface area contributed by atoms with Crippen molar-refractivity contribution in [1.29, 1.82) is 0 Å². The van der Waals surface area contributed by atoms with E-state index < -0.39 is 27.1 Å². The van der Waals surface area contributed by atoms with Crippen molar-refractivity contribution in [1.82, 2.24) is 0 Å². The van der Waals surface area contributed by atoms with Crippen LogP contribution in [0.4, 0.5) is 0 Å². The summed E-state index contributed by atoms with van der Waals surface area (Å²) in [6, 6.07) is 6.60. The highest BCUT2D eigenvalue weighted by molar-refractivity contribution is 7.86. The quantitative estimate of drug-likeness (QED) is 0.408. The standard InChI is InChI=1S/C30H36O7S/c1-17-3-6-20(7-4-17)38(35,36)37-16-18-13-24-22(21-8-5-19(31)14-23(18)21)9-11-29(2)28(24)25-15-26(25)30(29,34)12-10-27(32)33/h3-4,6-7,10,12,14,18,21-22,24-26,28,34H,5,8-9,11,13,15-16H2,1-2H3,(H,32,33)/b12-10-/t18-,21+,22+,24+,25-,26+,28+,29-,30-/m0/s1. The fourth-order valence-corrected chi connectivity index (χ4v) is 9.95. The fourth-order valence-electron chi connectivity index (χ4n) is 9.00. The zero-order chi connectivity index (χ0) is 27.0. The molecule has 0 radical (unpaired) electrons. The predicted octanol–water partition coefficient (Wildman–Crippen LogP) is 4.30. The van der Waals surface area contributed by atoms with Crippen molar-refractivity contribution < 1.29 is 32.4 Å². The normalized spacial score (nSPS) is 41.6. The predicted molar refractivity (Wildman–Crippen MR) is 139 cm³/mol. The molecule has 0 aliphatic heterocycles. The van der Waals surface area contributed by atoms with Crippen LogP contribution in [-0.2, 0) is 23.9 Å². The molecule has 0 bridgehead atoms. The minimum atomic E-state index is -3.94. The van der Waals surface area contributed by atoms with Crippen LogP contribution < -0.4 is 0 Å². The highest BCUT2D eigenvalue weighted by Crippen LogP contribution is 2.76. The number of benzene rings is 1. The van der Waals surface area contributed by atoms with Gasteiger partial charge in [-0.25, -0.2) is 4.79 Å². The Labute approximate surface area is 224 Å². The SMILES string of the molecule is Cc1ccc(S(=O)(=O)OC[C@@H]2C[C@@H]3[C@H](CC[C@@]4(C)[C@H]3[C@H]3C[C@H]3[C@@]4(O)/C=C\C(=O)O)[C@H]3CCC(=O)C=C23)cc1. The summed E-state index contributed by atoms with van der Waals surface area (Å²) in [6.45, 7) is 4.01. The first-order chi connectivity index (χ1) is 17.9. The average molecular weight is 541 g/mol. The minimum absolute atomic E-state index is 0.00421. The van der Waals surface area contributed by atoms with Crippen LogP contribution in [0.1, 0.15) is 51.0 Å². The van der Waals surface area contributed by atoms with E-state index in [-0.39, 0.29) is 46.9 Å². The fraction of sp³-hybridized carbons (Fsp3) is 0.600. The number of aliphatic hydroxyl groups is 1. The van der Waals surface area contributed by atoms with Gasteiger partial charge < -0.3 is 10.2 Å². The van der Waals surface area contributed by atoms with Crippen molar-refractivity contribution >= 4 is 21.9 Å². The van der Waals surface area contributed by atoms with E-state index in [1.54, 1.807) is 30.3 Å². The number of carboxylic acid groups (broad SMARTS) is 1. The molecular formula is C30H36O7S. The molecule has 0 saturated heterocycles. The second kappa shape index (κ2) is 8.86. The van der Waals surface area contributed by atoms with Crippen LogP contribution >= 0.6 is 0 Å². The lowest BCUT2D eigenvalue weighted by Gasteiger charge is -2.58. The summed E-state index contributed by atoms with van der Waals surface area (Å²) in [7, 11) is -3.94. The van der Waals surface area contributed by atoms with E-state index >= 15 is 0 Å². The van der Waals surface area contributed by atoms with Gasteiger partial charge in [-0.15, -0.1) is 0 Å². The number of carboxylic acids is 1. The van der Waals surface area contributed by atoms with E-state index in [0.29, 0.717) is 24.7 Å². The molecule has 2 N–H and O–H groups in total. The molecule has 5 aliphatic rings. The molecule has 0 unspecified atom stereocenters. The first-order valence-corrected chi connectivity index (χ1v) is 15.2. The van der Waals surface area contributed by atoms with Crippen molar-refractivity contribution in [3.63, 3.8) is 0 Å². The van der Waals surface area contributed by atoms with E-state index in [1.165, 1.54) is 6.08 Å². The van der Waals surface area contributed by atoms with Gasteiger partial charge in [0, 0.05) is 23.8 Å². The van der Waals surface area contributed by atoms with Crippen LogP contribution in [0, 0.1) is 53.8 Å². The van der Waals surface area contributed by atoms with Crippen molar-refractivity contribution in [2.75, 3.05) is 6.61 Å².